The number of carboxylic acid groups (broad SMARTS) is 1. The Morgan fingerprint density at radius 1 is 1.15 bits per heavy atom. The Bertz CT molecular complexity index is 1080. The van der Waals surface area contributed by atoms with Crippen LogP contribution in [0.25, 0.3) is 11.3 Å². The summed E-state index contributed by atoms with van der Waals surface area (Å²) in [5, 5.41) is 9.71. The van der Waals surface area contributed by atoms with Crippen LogP contribution >= 0.6 is 22.9 Å². The lowest BCUT2D eigenvalue weighted by molar-refractivity contribution is 0.0702. The monoisotopic (exact) mass is 408 g/mol. The summed E-state index contributed by atoms with van der Waals surface area (Å²) in [7, 11) is -3.96. The number of carboxylic acids is 1. The van der Waals surface area contributed by atoms with Gasteiger partial charge in [-0.15, -0.1) is 0 Å². The average molecular weight is 409 g/mol. The molecule has 3 rings (SSSR count). The van der Waals surface area contributed by atoms with Gasteiger partial charge in [-0.05, 0) is 24.6 Å². The average Bonchev–Trinajstić information content (AvgIpc) is 3.01. The molecule has 0 aliphatic rings. The quantitative estimate of drug-likeness (QED) is 0.657. The van der Waals surface area contributed by atoms with Gasteiger partial charge in [0.05, 0.1) is 10.6 Å². The number of aromatic nitrogens is 1. The zero-order chi connectivity index (χ0) is 18.9. The molecule has 0 radical (unpaired) electrons. The van der Waals surface area contributed by atoms with Crippen molar-refractivity contribution in [3.05, 3.63) is 64.0 Å². The Kier molecular flexibility index (Phi) is 4.99. The molecule has 0 bridgehead atoms. The smallest absolute Gasteiger partial charge is 0.348 e. The SMILES string of the molecule is Cc1c(Cl)cccc1S(=O)(=O)Nc1nc(-c2ccccc2)c(C(=O)O)s1. The molecule has 3 aromatic rings. The first-order valence-electron chi connectivity index (χ1n) is 7.37. The Hall–Kier alpha value is -2.42. The van der Waals surface area contributed by atoms with Gasteiger partial charge in [0.1, 0.15) is 4.88 Å². The highest BCUT2D eigenvalue weighted by Crippen LogP contribution is 2.33. The summed E-state index contributed by atoms with van der Waals surface area (Å²) in [6.45, 7) is 1.59. The fraction of sp³-hybridized carbons (Fsp3) is 0.0588. The minimum absolute atomic E-state index is 0.0123. The maximum Gasteiger partial charge on any atom is 0.348 e. The van der Waals surface area contributed by atoms with Crippen LogP contribution in [-0.4, -0.2) is 24.5 Å². The van der Waals surface area contributed by atoms with Crippen molar-refractivity contribution < 1.29 is 18.3 Å². The number of thiazole rings is 1. The molecule has 2 N–H and O–H groups in total. The molecule has 0 spiro atoms. The first-order chi connectivity index (χ1) is 12.3. The third kappa shape index (κ3) is 3.57. The van der Waals surface area contributed by atoms with Crippen molar-refractivity contribution in [2.75, 3.05) is 4.72 Å². The molecule has 1 aromatic heterocycles. The van der Waals surface area contributed by atoms with Crippen molar-refractivity contribution in [1.29, 1.82) is 0 Å². The van der Waals surface area contributed by atoms with Gasteiger partial charge in [-0.1, -0.05) is 59.3 Å². The number of rotatable bonds is 5. The molecule has 2 aromatic carbocycles. The third-order valence-electron chi connectivity index (χ3n) is 3.60. The predicted octanol–water partition coefficient (Wildman–Crippen LogP) is 4.27. The van der Waals surface area contributed by atoms with Crippen molar-refractivity contribution in [3.63, 3.8) is 0 Å². The molecule has 0 saturated heterocycles. The van der Waals surface area contributed by atoms with Crippen LogP contribution in [0, 0.1) is 6.92 Å². The van der Waals surface area contributed by atoms with Gasteiger partial charge < -0.3 is 5.11 Å². The molecule has 1 heterocycles. The maximum atomic E-state index is 12.7. The fourth-order valence-electron chi connectivity index (χ4n) is 2.35. The summed E-state index contributed by atoms with van der Waals surface area (Å²) in [6, 6.07) is 13.3. The molecule has 0 aliphatic heterocycles. The molecule has 0 saturated carbocycles. The molecule has 0 fully saturated rings. The van der Waals surface area contributed by atoms with E-state index in [9.17, 15) is 18.3 Å². The summed E-state index contributed by atoms with van der Waals surface area (Å²) in [4.78, 5) is 15.7. The van der Waals surface area contributed by atoms with E-state index in [0.29, 0.717) is 16.1 Å². The highest BCUT2D eigenvalue weighted by Gasteiger charge is 2.24. The van der Waals surface area contributed by atoms with Crippen LogP contribution in [0.3, 0.4) is 0 Å². The van der Waals surface area contributed by atoms with Gasteiger partial charge in [-0.3, -0.25) is 4.72 Å². The second-order valence-corrected chi connectivity index (χ2v) is 8.39. The summed E-state index contributed by atoms with van der Waals surface area (Å²) in [6.07, 6.45) is 0. The normalized spacial score (nSPS) is 11.3. The minimum Gasteiger partial charge on any atom is -0.477 e. The minimum atomic E-state index is -3.96. The van der Waals surface area contributed by atoms with E-state index >= 15 is 0 Å². The van der Waals surface area contributed by atoms with Crippen LogP contribution in [-0.2, 0) is 10.0 Å². The fourth-order valence-corrected chi connectivity index (χ4v) is 4.91. The molecule has 134 valence electrons. The van der Waals surface area contributed by atoms with Crippen LogP contribution < -0.4 is 4.72 Å². The first-order valence-corrected chi connectivity index (χ1v) is 10.0. The molecule has 26 heavy (non-hydrogen) atoms. The number of halogens is 1. The number of sulfonamides is 1. The number of hydrogen-bond acceptors (Lipinski definition) is 5. The van der Waals surface area contributed by atoms with Gasteiger partial charge in [0.15, 0.2) is 5.13 Å². The highest BCUT2D eigenvalue weighted by molar-refractivity contribution is 7.93. The second kappa shape index (κ2) is 7.06. The summed E-state index contributed by atoms with van der Waals surface area (Å²) in [5.41, 5.74) is 1.20. The second-order valence-electron chi connectivity index (χ2n) is 5.34. The van der Waals surface area contributed by atoms with Crippen LogP contribution in [0.15, 0.2) is 53.4 Å². The summed E-state index contributed by atoms with van der Waals surface area (Å²) < 4.78 is 27.6. The predicted molar refractivity (Wildman–Crippen MR) is 102 cm³/mol. The van der Waals surface area contributed by atoms with Gasteiger partial charge in [-0.2, -0.15) is 0 Å². The standard InChI is InChI=1S/C17H13ClN2O4S2/c1-10-12(18)8-5-9-13(10)26(23,24)20-17-19-14(15(25-17)16(21)22)11-6-3-2-4-7-11/h2-9H,1H3,(H,19,20)(H,21,22). The van der Waals surface area contributed by atoms with E-state index < -0.39 is 16.0 Å². The van der Waals surface area contributed by atoms with E-state index in [2.05, 4.69) is 9.71 Å². The molecular weight excluding hydrogens is 396 g/mol. The maximum absolute atomic E-state index is 12.7. The van der Waals surface area contributed by atoms with E-state index in [4.69, 9.17) is 11.6 Å². The Labute approximate surface area is 159 Å². The number of aromatic carboxylic acids is 1. The Morgan fingerprint density at radius 2 is 1.85 bits per heavy atom. The molecule has 0 atom stereocenters. The molecule has 0 aliphatic carbocycles. The number of benzene rings is 2. The van der Waals surface area contributed by atoms with Gasteiger partial charge in [-0.25, -0.2) is 18.2 Å². The van der Waals surface area contributed by atoms with Gasteiger partial charge in [0.25, 0.3) is 10.0 Å². The van der Waals surface area contributed by atoms with Crippen molar-refractivity contribution in [2.24, 2.45) is 0 Å². The lowest BCUT2D eigenvalue weighted by atomic mass is 10.1. The number of hydrogen-bond donors (Lipinski definition) is 2. The number of carbonyl (C=O) groups is 1. The van der Waals surface area contributed by atoms with E-state index in [1.54, 1.807) is 43.3 Å². The first kappa shape index (κ1) is 18.4. The van der Waals surface area contributed by atoms with Gasteiger partial charge in [0, 0.05) is 10.6 Å². The van der Waals surface area contributed by atoms with Crippen LogP contribution in [0.1, 0.15) is 15.2 Å². The van der Waals surface area contributed by atoms with E-state index in [0.717, 1.165) is 11.3 Å². The molecule has 9 heteroatoms. The molecule has 0 amide bonds. The van der Waals surface area contributed by atoms with Crippen LogP contribution in [0.2, 0.25) is 5.02 Å². The zero-order valence-electron chi connectivity index (χ0n) is 13.4. The number of nitrogens with one attached hydrogen (secondary N) is 1. The van der Waals surface area contributed by atoms with Gasteiger partial charge >= 0.3 is 5.97 Å². The Morgan fingerprint density at radius 3 is 2.50 bits per heavy atom. The van der Waals surface area contributed by atoms with Crippen LogP contribution in [0.4, 0.5) is 5.13 Å². The third-order valence-corrected chi connectivity index (χ3v) is 6.58. The largest absolute Gasteiger partial charge is 0.477 e. The molecule has 6 nitrogen and oxygen atoms in total. The van der Waals surface area contributed by atoms with Crippen molar-refractivity contribution in [2.45, 2.75) is 11.8 Å². The van der Waals surface area contributed by atoms with E-state index in [1.807, 2.05) is 0 Å². The lowest BCUT2D eigenvalue weighted by Gasteiger charge is -2.09. The highest BCUT2D eigenvalue weighted by atomic mass is 35.5. The molecule has 0 unspecified atom stereocenters. The number of nitrogens with zero attached hydrogens (tertiary/aromatic N) is 1. The topological polar surface area (TPSA) is 96.4 Å². The van der Waals surface area contributed by atoms with Crippen LogP contribution in [0.5, 0.6) is 0 Å². The summed E-state index contributed by atoms with van der Waals surface area (Å²) >= 11 is 6.75. The van der Waals surface area contributed by atoms with E-state index in [-0.39, 0.29) is 20.6 Å². The van der Waals surface area contributed by atoms with E-state index in [1.165, 1.54) is 12.1 Å². The zero-order valence-corrected chi connectivity index (χ0v) is 15.8. The lowest BCUT2D eigenvalue weighted by Crippen LogP contribution is -2.14. The molecular formula is C17H13ClN2O4S2. The van der Waals surface area contributed by atoms with Gasteiger partial charge in [0.2, 0.25) is 0 Å². The summed E-state index contributed by atoms with van der Waals surface area (Å²) in [5.74, 6) is -1.18. The van der Waals surface area contributed by atoms with Crippen molar-refractivity contribution >= 4 is 44.1 Å². The van der Waals surface area contributed by atoms with Crippen molar-refractivity contribution in [3.8, 4) is 11.3 Å². The van der Waals surface area contributed by atoms with Crippen molar-refractivity contribution in [1.82, 2.24) is 4.98 Å². The number of anilines is 1. The Balaban J connectivity index is 2.03.